The minimum atomic E-state index is -0.131. The first kappa shape index (κ1) is 19.5. The smallest absolute Gasteiger partial charge is 0.267 e. The van der Waals surface area contributed by atoms with Gasteiger partial charge in [-0.05, 0) is 57.0 Å². The molecule has 0 aliphatic heterocycles. The topological polar surface area (TPSA) is 91.1 Å². The van der Waals surface area contributed by atoms with E-state index in [0.717, 1.165) is 22.3 Å². The molecule has 3 aromatic heterocycles. The van der Waals surface area contributed by atoms with Crippen LogP contribution in [0.15, 0.2) is 56.9 Å². The fourth-order valence-electron chi connectivity index (χ4n) is 3.64. The molecule has 2 aromatic carbocycles. The maximum atomic E-state index is 13.5. The van der Waals surface area contributed by atoms with Gasteiger partial charge >= 0.3 is 0 Å². The number of fused-ring (bicyclic) bond motifs is 3. The van der Waals surface area contributed by atoms with Crippen LogP contribution in [0.25, 0.3) is 22.4 Å². The third-order valence-electron chi connectivity index (χ3n) is 5.38. The van der Waals surface area contributed by atoms with Gasteiger partial charge in [0, 0.05) is 0 Å². The summed E-state index contributed by atoms with van der Waals surface area (Å²) in [7, 11) is 0. The first-order valence-corrected chi connectivity index (χ1v) is 10.8. The summed E-state index contributed by atoms with van der Waals surface area (Å²) in [5.41, 5.74) is 3.55. The van der Waals surface area contributed by atoms with Gasteiger partial charge in [0.15, 0.2) is 11.0 Å². The summed E-state index contributed by atoms with van der Waals surface area (Å²) in [5, 5.41) is 13.8. The number of rotatable bonds is 4. The van der Waals surface area contributed by atoms with Gasteiger partial charge in [0.05, 0.1) is 21.8 Å². The Bertz CT molecular complexity index is 1500. The lowest BCUT2D eigenvalue weighted by atomic mass is 10.1. The number of benzene rings is 2. The van der Waals surface area contributed by atoms with Crippen LogP contribution in [-0.2, 0) is 0 Å². The van der Waals surface area contributed by atoms with E-state index in [0.29, 0.717) is 28.0 Å². The highest BCUT2D eigenvalue weighted by atomic mass is 32.2. The maximum absolute atomic E-state index is 13.5. The van der Waals surface area contributed by atoms with Gasteiger partial charge in [-0.1, -0.05) is 41.2 Å². The van der Waals surface area contributed by atoms with Crippen LogP contribution in [0, 0.1) is 20.8 Å². The summed E-state index contributed by atoms with van der Waals surface area (Å²) < 4.78 is 8.88. The standard InChI is InChI=1S/C22H20N6O2S/c1-12-8-7-11-17(13(12)2)27-20(29)16-9-5-6-10-18(16)28-21(27)24-25-22(28)31-14(3)19-23-15(4)26-30-19/h5-11,14H,1-4H3. The van der Waals surface area contributed by atoms with E-state index in [-0.39, 0.29) is 10.8 Å². The van der Waals surface area contributed by atoms with Crippen molar-refractivity contribution in [2.45, 2.75) is 38.1 Å². The van der Waals surface area contributed by atoms with Gasteiger partial charge in [-0.3, -0.25) is 9.20 Å². The molecule has 0 amide bonds. The minimum absolute atomic E-state index is 0.124. The second-order valence-corrected chi connectivity index (χ2v) is 8.74. The van der Waals surface area contributed by atoms with Crippen LogP contribution in [0.5, 0.6) is 0 Å². The quantitative estimate of drug-likeness (QED) is 0.393. The third-order valence-corrected chi connectivity index (χ3v) is 6.42. The van der Waals surface area contributed by atoms with Crippen molar-refractivity contribution in [2.75, 3.05) is 0 Å². The molecule has 0 saturated heterocycles. The number of aromatic nitrogens is 6. The highest BCUT2D eigenvalue weighted by Crippen LogP contribution is 2.34. The fourth-order valence-corrected chi connectivity index (χ4v) is 4.52. The number of para-hydroxylation sites is 1. The van der Waals surface area contributed by atoms with Crippen LogP contribution in [-0.4, -0.2) is 29.3 Å². The second kappa shape index (κ2) is 7.35. The molecule has 8 nitrogen and oxygen atoms in total. The predicted octanol–water partition coefficient (Wildman–Crippen LogP) is 4.19. The molecule has 0 spiro atoms. The lowest BCUT2D eigenvalue weighted by molar-refractivity contribution is 0.376. The van der Waals surface area contributed by atoms with Crippen LogP contribution >= 0.6 is 11.8 Å². The van der Waals surface area contributed by atoms with E-state index in [1.165, 1.54) is 11.8 Å². The van der Waals surface area contributed by atoms with E-state index in [1.807, 2.05) is 67.6 Å². The van der Waals surface area contributed by atoms with Crippen LogP contribution in [0.4, 0.5) is 0 Å². The van der Waals surface area contributed by atoms with Crippen LogP contribution in [0.2, 0.25) is 0 Å². The Balaban J connectivity index is 1.78. The normalized spacial score (nSPS) is 12.6. The monoisotopic (exact) mass is 432 g/mol. The van der Waals surface area contributed by atoms with E-state index < -0.39 is 0 Å². The van der Waals surface area contributed by atoms with Crippen molar-refractivity contribution in [3.63, 3.8) is 0 Å². The van der Waals surface area contributed by atoms with E-state index in [1.54, 1.807) is 11.5 Å². The van der Waals surface area contributed by atoms with Gasteiger partial charge in [0.2, 0.25) is 11.7 Å². The van der Waals surface area contributed by atoms with Gasteiger partial charge in [-0.15, -0.1) is 10.2 Å². The number of nitrogens with zero attached hydrogens (tertiary/aromatic N) is 6. The molecular formula is C22H20N6O2S. The molecule has 5 rings (SSSR count). The molecule has 1 atom stereocenters. The molecule has 156 valence electrons. The van der Waals surface area contributed by atoms with Crippen molar-refractivity contribution >= 4 is 28.4 Å². The molecule has 0 aliphatic carbocycles. The van der Waals surface area contributed by atoms with Crippen molar-refractivity contribution in [3.05, 3.63) is 75.7 Å². The van der Waals surface area contributed by atoms with Gasteiger partial charge in [-0.2, -0.15) is 4.98 Å². The summed E-state index contributed by atoms with van der Waals surface area (Å²) in [4.78, 5) is 17.8. The Kier molecular flexibility index (Phi) is 4.62. The lowest BCUT2D eigenvalue weighted by Gasteiger charge is -2.14. The van der Waals surface area contributed by atoms with E-state index in [2.05, 4.69) is 20.3 Å². The molecule has 0 bridgehead atoms. The molecule has 0 aliphatic rings. The molecule has 0 saturated carbocycles. The van der Waals surface area contributed by atoms with E-state index >= 15 is 0 Å². The second-order valence-electron chi connectivity index (χ2n) is 7.43. The predicted molar refractivity (Wildman–Crippen MR) is 119 cm³/mol. The van der Waals surface area contributed by atoms with Crippen LogP contribution in [0.1, 0.15) is 35.0 Å². The van der Waals surface area contributed by atoms with Crippen molar-refractivity contribution in [1.29, 1.82) is 0 Å². The SMILES string of the molecule is Cc1noc(C(C)Sc2nnc3n(-c4cccc(C)c4C)c(=O)c4ccccc4n23)n1. The Hall–Kier alpha value is -3.46. The number of hydrogen-bond donors (Lipinski definition) is 0. The summed E-state index contributed by atoms with van der Waals surface area (Å²) in [5.74, 6) is 1.57. The van der Waals surface area contributed by atoms with Gasteiger partial charge in [0.25, 0.3) is 5.56 Å². The molecule has 9 heteroatoms. The third kappa shape index (κ3) is 3.12. The van der Waals surface area contributed by atoms with Gasteiger partial charge in [-0.25, -0.2) is 4.57 Å². The molecule has 3 heterocycles. The average molecular weight is 433 g/mol. The molecule has 31 heavy (non-hydrogen) atoms. The highest BCUT2D eigenvalue weighted by Gasteiger charge is 2.22. The van der Waals surface area contributed by atoms with E-state index in [4.69, 9.17) is 4.52 Å². The number of hydrogen-bond acceptors (Lipinski definition) is 7. The first-order chi connectivity index (χ1) is 15.0. The number of aryl methyl sites for hydroxylation is 2. The minimum Gasteiger partial charge on any atom is -0.338 e. The fraction of sp³-hybridized carbons (Fsp3) is 0.227. The summed E-state index contributed by atoms with van der Waals surface area (Å²) in [6, 6.07) is 13.4. The zero-order valence-electron chi connectivity index (χ0n) is 17.5. The summed E-state index contributed by atoms with van der Waals surface area (Å²) in [6.45, 7) is 7.80. The molecule has 0 N–H and O–H groups in total. The molecule has 0 fully saturated rings. The Morgan fingerprint density at radius 1 is 1.03 bits per heavy atom. The zero-order chi connectivity index (χ0) is 21.7. The maximum Gasteiger partial charge on any atom is 0.267 e. The number of thioether (sulfide) groups is 1. The average Bonchev–Trinajstić information content (AvgIpc) is 3.38. The Morgan fingerprint density at radius 2 is 1.84 bits per heavy atom. The Morgan fingerprint density at radius 3 is 2.61 bits per heavy atom. The molecular weight excluding hydrogens is 412 g/mol. The summed E-state index contributed by atoms with van der Waals surface area (Å²) >= 11 is 1.46. The molecule has 1 unspecified atom stereocenters. The highest BCUT2D eigenvalue weighted by molar-refractivity contribution is 7.99. The van der Waals surface area contributed by atoms with E-state index in [9.17, 15) is 4.79 Å². The molecule has 5 aromatic rings. The largest absolute Gasteiger partial charge is 0.338 e. The lowest BCUT2D eigenvalue weighted by Crippen LogP contribution is -2.22. The van der Waals surface area contributed by atoms with Gasteiger partial charge < -0.3 is 4.52 Å². The van der Waals surface area contributed by atoms with Crippen molar-refractivity contribution in [2.24, 2.45) is 0 Å². The van der Waals surface area contributed by atoms with Crippen LogP contribution in [0.3, 0.4) is 0 Å². The summed E-state index contributed by atoms with van der Waals surface area (Å²) in [6.07, 6.45) is 0. The van der Waals surface area contributed by atoms with Crippen LogP contribution < -0.4 is 5.56 Å². The Labute approximate surface area is 181 Å². The van der Waals surface area contributed by atoms with Crippen molar-refractivity contribution < 1.29 is 4.52 Å². The van der Waals surface area contributed by atoms with Crippen molar-refractivity contribution in [3.8, 4) is 5.69 Å². The molecule has 0 radical (unpaired) electrons. The first-order valence-electron chi connectivity index (χ1n) is 9.88. The zero-order valence-corrected chi connectivity index (χ0v) is 18.3. The van der Waals surface area contributed by atoms with Gasteiger partial charge in [0.1, 0.15) is 0 Å². The van der Waals surface area contributed by atoms with Crippen molar-refractivity contribution in [1.82, 2.24) is 29.3 Å².